The van der Waals surface area contributed by atoms with Crippen LogP contribution in [0.3, 0.4) is 0 Å². The Morgan fingerprint density at radius 2 is 1.64 bits per heavy atom. The number of hydrogen-bond donors (Lipinski definition) is 6. The molecule has 6 N–H and O–H groups in total. The van der Waals surface area contributed by atoms with Crippen molar-refractivity contribution in [2.45, 2.75) is 51.1 Å². The third kappa shape index (κ3) is 6.97. The van der Waals surface area contributed by atoms with E-state index in [4.69, 9.17) is 37.1 Å². The molecular weight excluding hydrogens is 356 g/mol. The van der Waals surface area contributed by atoms with Crippen LogP contribution in [0.15, 0.2) is 12.1 Å². The van der Waals surface area contributed by atoms with Gasteiger partial charge in [0.25, 0.3) is 0 Å². The standard InChI is InChI=1S/C10H13ClO.C6H10O7/c1-6(2)8-5-9(11)7(3)4-10(8)12;7-1-2(8)3(9)4(10)5(11)6(12)13/h4-6,12H,1-3H3;1-5,8-11H,(H,12,13)/t;2-,3+,4-,5-/m.0/s1. The number of aryl methyl sites for hydroxylation is 1. The summed E-state index contributed by atoms with van der Waals surface area (Å²) in [7, 11) is 0. The van der Waals surface area contributed by atoms with Gasteiger partial charge in [-0.3, -0.25) is 0 Å². The number of carboxylic acids is 1. The molecule has 0 radical (unpaired) electrons. The van der Waals surface area contributed by atoms with Crippen LogP contribution in [0.5, 0.6) is 5.75 Å². The van der Waals surface area contributed by atoms with E-state index in [1.807, 2.05) is 26.8 Å². The van der Waals surface area contributed by atoms with E-state index in [-0.39, 0.29) is 6.29 Å². The third-order valence-electron chi connectivity index (χ3n) is 3.35. The smallest absolute Gasteiger partial charge is 0.335 e. The van der Waals surface area contributed by atoms with E-state index in [2.05, 4.69) is 0 Å². The third-order valence-corrected chi connectivity index (χ3v) is 3.75. The first-order valence-electron chi connectivity index (χ1n) is 7.33. The van der Waals surface area contributed by atoms with Gasteiger partial charge in [0.1, 0.15) is 24.1 Å². The highest BCUT2D eigenvalue weighted by molar-refractivity contribution is 6.31. The summed E-state index contributed by atoms with van der Waals surface area (Å²) in [5.74, 6) is -1.11. The second-order valence-electron chi connectivity index (χ2n) is 5.71. The Hall–Kier alpha value is -1.71. The molecule has 8 nitrogen and oxygen atoms in total. The summed E-state index contributed by atoms with van der Waals surface area (Å²) in [5, 5.41) is 53.4. The molecule has 0 saturated carbocycles. The first kappa shape index (κ1) is 23.3. The second kappa shape index (κ2) is 10.3. The van der Waals surface area contributed by atoms with Crippen LogP contribution in [-0.4, -0.2) is 67.3 Å². The SMILES string of the molecule is Cc1cc(O)c(C(C)C)cc1Cl.O=C[C@H](O)[C@@H](O)[C@H](O)[C@H](O)C(=O)O. The van der Waals surface area contributed by atoms with Crippen LogP contribution >= 0.6 is 11.6 Å². The Bertz CT molecular complexity index is 590. The Balaban J connectivity index is 0.000000462. The maximum Gasteiger partial charge on any atom is 0.335 e. The molecule has 142 valence electrons. The van der Waals surface area contributed by atoms with Crippen LogP contribution in [-0.2, 0) is 9.59 Å². The zero-order valence-electron chi connectivity index (χ0n) is 14.0. The molecule has 1 aromatic carbocycles. The molecule has 0 unspecified atom stereocenters. The van der Waals surface area contributed by atoms with Crippen molar-refractivity contribution in [2.75, 3.05) is 0 Å². The van der Waals surface area contributed by atoms with Crippen LogP contribution < -0.4 is 0 Å². The summed E-state index contributed by atoms with van der Waals surface area (Å²) in [6, 6.07) is 3.54. The average molecular weight is 379 g/mol. The van der Waals surface area contributed by atoms with Gasteiger partial charge >= 0.3 is 5.97 Å². The Kier molecular flexibility index (Phi) is 9.61. The minimum atomic E-state index is -2.25. The van der Waals surface area contributed by atoms with Crippen molar-refractivity contribution >= 4 is 23.9 Å². The number of phenolic OH excluding ortho intramolecular Hbond substituents is 1. The zero-order valence-corrected chi connectivity index (χ0v) is 14.8. The number of carboxylic acid groups (broad SMARTS) is 1. The van der Waals surface area contributed by atoms with Crippen molar-refractivity contribution in [1.82, 2.24) is 0 Å². The number of aliphatic hydroxyl groups excluding tert-OH is 4. The van der Waals surface area contributed by atoms with E-state index >= 15 is 0 Å². The fourth-order valence-electron chi connectivity index (χ4n) is 1.76. The summed E-state index contributed by atoms with van der Waals surface area (Å²) in [5.41, 5.74) is 1.82. The highest BCUT2D eigenvalue weighted by atomic mass is 35.5. The normalized spacial score (nSPS) is 15.6. The van der Waals surface area contributed by atoms with Crippen molar-refractivity contribution in [1.29, 1.82) is 0 Å². The molecule has 0 aliphatic carbocycles. The predicted molar refractivity (Wildman–Crippen MR) is 89.7 cm³/mol. The molecule has 1 aromatic rings. The number of aromatic hydroxyl groups is 1. The monoisotopic (exact) mass is 378 g/mol. The molecular formula is C16H23ClO8. The maximum absolute atomic E-state index is 10.1. The summed E-state index contributed by atoms with van der Waals surface area (Å²) < 4.78 is 0. The number of rotatable bonds is 6. The topological polar surface area (TPSA) is 156 Å². The fraction of sp³-hybridized carbons (Fsp3) is 0.500. The second-order valence-corrected chi connectivity index (χ2v) is 6.11. The average Bonchev–Trinajstić information content (AvgIpc) is 2.55. The zero-order chi connectivity index (χ0) is 19.9. The number of aldehydes is 1. The van der Waals surface area contributed by atoms with E-state index in [9.17, 15) is 14.7 Å². The Morgan fingerprint density at radius 3 is 2.04 bits per heavy atom. The lowest BCUT2D eigenvalue weighted by atomic mass is 10.0. The number of carbonyl (C=O) groups excluding carboxylic acids is 1. The van der Waals surface area contributed by atoms with Gasteiger partial charge in [0.05, 0.1) is 0 Å². The van der Waals surface area contributed by atoms with Gasteiger partial charge in [0.15, 0.2) is 12.4 Å². The largest absolute Gasteiger partial charge is 0.508 e. The van der Waals surface area contributed by atoms with E-state index in [1.165, 1.54) is 0 Å². The molecule has 0 saturated heterocycles. The number of benzene rings is 1. The van der Waals surface area contributed by atoms with Crippen LogP contribution in [0.4, 0.5) is 0 Å². The van der Waals surface area contributed by atoms with Gasteiger partial charge < -0.3 is 35.4 Å². The van der Waals surface area contributed by atoms with Crippen molar-refractivity contribution < 1.29 is 40.2 Å². The van der Waals surface area contributed by atoms with E-state index in [1.54, 1.807) is 6.07 Å². The van der Waals surface area contributed by atoms with Crippen LogP contribution in [0.25, 0.3) is 0 Å². The van der Waals surface area contributed by atoms with E-state index < -0.39 is 30.4 Å². The number of hydrogen-bond acceptors (Lipinski definition) is 7. The molecule has 0 fully saturated rings. The van der Waals surface area contributed by atoms with Crippen LogP contribution in [0.2, 0.25) is 5.02 Å². The summed E-state index contributed by atoms with van der Waals surface area (Å²) in [4.78, 5) is 20.0. The number of aliphatic carboxylic acids is 1. The summed E-state index contributed by atoms with van der Waals surface area (Å²) >= 11 is 5.92. The van der Waals surface area contributed by atoms with Crippen LogP contribution in [0, 0.1) is 6.92 Å². The molecule has 1 rings (SSSR count). The number of phenols is 1. The number of carbonyl (C=O) groups is 2. The van der Waals surface area contributed by atoms with Gasteiger partial charge in [-0.2, -0.15) is 0 Å². The van der Waals surface area contributed by atoms with Gasteiger partial charge in [-0.25, -0.2) is 4.79 Å². The maximum atomic E-state index is 10.1. The summed E-state index contributed by atoms with van der Waals surface area (Å²) in [6.45, 7) is 5.94. The molecule has 0 amide bonds. The van der Waals surface area contributed by atoms with Crippen LogP contribution in [0.1, 0.15) is 30.9 Å². The molecule has 25 heavy (non-hydrogen) atoms. The first-order chi connectivity index (χ1) is 11.4. The highest BCUT2D eigenvalue weighted by Crippen LogP contribution is 2.30. The van der Waals surface area contributed by atoms with Crippen molar-refractivity contribution in [2.24, 2.45) is 0 Å². The lowest BCUT2D eigenvalue weighted by molar-refractivity contribution is -0.163. The van der Waals surface area contributed by atoms with Crippen molar-refractivity contribution in [3.05, 3.63) is 28.3 Å². The van der Waals surface area contributed by atoms with Crippen molar-refractivity contribution in [3.8, 4) is 5.75 Å². The lowest BCUT2D eigenvalue weighted by Gasteiger charge is -2.21. The predicted octanol–water partition coefficient (Wildman–Crippen LogP) is 0.191. The van der Waals surface area contributed by atoms with Crippen molar-refractivity contribution in [3.63, 3.8) is 0 Å². The fourth-order valence-corrected chi connectivity index (χ4v) is 1.93. The molecule has 0 aliphatic heterocycles. The molecule has 9 heteroatoms. The molecule has 0 heterocycles. The van der Waals surface area contributed by atoms with Gasteiger partial charge in [-0.1, -0.05) is 25.4 Å². The minimum Gasteiger partial charge on any atom is -0.508 e. The number of halogens is 1. The quantitative estimate of drug-likeness (QED) is 0.383. The molecule has 0 spiro atoms. The number of aliphatic hydroxyl groups is 4. The van der Waals surface area contributed by atoms with Gasteiger partial charge in [0, 0.05) is 5.02 Å². The minimum absolute atomic E-state index is 0.0809. The van der Waals surface area contributed by atoms with Gasteiger partial charge in [-0.05, 0) is 36.1 Å². The summed E-state index contributed by atoms with van der Waals surface area (Å²) in [6.07, 6.45) is -8.39. The van der Waals surface area contributed by atoms with Gasteiger partial charge in [-0.15, -0.1) is 0 Å². The molecule has 0 bridgehead atoms. The van der Waals surface area contributed by atoms with Gasteiger partial charge in [0.2, 0.25) is 0 Å². The molecule has 0 aromatic heterocycles. The highest BCUT2D eigenvalue weighted by Gasteiger charge is 2.34. The van der Waals surface area contributed by atoms with E-state index in [0.29, 0.717) is 11.7 Å². The first-order valence-corrected chi connectivity index (χ1v) is 7.71. The molecule has 4 atom stereocenters. The van der Waals surface area contributed by atoms with E-state index in [0.717, 1.165) is 16.1 Å². The lowest BCUT2D eigenvalue weighted by Crippen LogP contribution is -2.48. The molecule has 0 aliphatic rings. The Morgan fingerprint density at radius 1 is 1.12 bits per heavy atom. The Labute approximate surface area is 149 Å².